The summed E-state index contributed by atoms with van der Waals surface area (Å²) in [6, 6.07) is -1.12. The van der Waals surface area contributed by atoms with E-state index in [2.05, 4.69) is 158 Å². The fourth-order valence-corrected chi connectivity index (χ4v) is 7.30. The Balaban J connectivity index is 4.37. The lowest BCUT2D eigenvalue weighted by Crippen LogP contribution is -2.51. The van der Waals surface area contributed by atoms with Gasteiger partial charge in [-0.25, -0.2) is 0 Å². The zero-order valence-electron chi connectivity index (χ0n) is 43.8. The van der Waals surface area contributed by atoms with Gasteiger partial charge in [0, 0.05) is 6.42 Å². The zero-order valence-corrected chi connectivity index (χ0v) is 44.7. The molecule has 0 rings (SSSR count). The Morgan fingerprint density at radius 3 is 1.41 bits per heavy atom. The first-order valence-corrected chi connectivity index (χ1v) is 27.7. The Morgan fingerprint density at radius 2 is 0.942 bits per heavy atom. The van der Waals surface area contributed by atoms with Crippen LogP contribution >= 0.6 is 7.82 Å². The summed E-state index contributed by atoms with van der Waals surface area (Å²) < 4.78 is 23.2. The molecule has 0 aliphatic rings. The van der Waals surface area contributed by atoms with E-state index in [4.69, 9.17) is 9.05 Å². The molecule has 0 saturated heterocycles. The highest BCUT2D eigenvalue weighted by Gasteiger charge is 2.29. The molecule has 4 unspecified atom stereocenters. The van der Waals surface area contributed by atoms with E-state index in [-0.39, 0.29) is 25.4 Å². The third-order valence-corrected chi connectivity index (χ3v) is 11.7. The Morgan fingerprint density at radius 1 is 0.551 bits per heavy atom. The average molecular weight is 977 g/mol. The number of hydrogen-bond acceptors (Lipinski definition) is 7. The average Bonchev–Trinajstić information content (AvgIpc) is 3.31. The van der Waals surface area contributed by atoms with Crippen LogP contribution < -0.4 is 10.2 Å². The van der Waals surface area contributed by atoms with Crippen LogP contribution in [-0.4, -0.2) is 79.8 Å². The molecule has 69 heavy (non-hydrogen) atoms. The molecule has 10 heteroatoms. The first-order valence-electron chi connectivity index (χ1n) is 26.2. The van der Waals surface area contributed by atoms with Gasteiger partial charge in [-0.05, 0) is 129 Å². The molecule has 0 radical (unpaired) electrons. The van der Waals surface area contributed by atoms with Crippen molar-refractivity contribution < 1.29 is 38.0 Å². The number of phosphoric ester groups is 1. The van der Waals surface area contributed by atoms with E-state index in [0.29, 0.717) is 23.9 Å². The van der Waals surface area contributed by atoms with Gasteiger partial charge in [0.05, 0.1) is 39.9 Å². The van der Waals surface area contributed by atoms with E-state index in [1.165, 1.54) is 0 Å². The lowest BCUT2D eigenvalue weighted by Gasteiger charge is -2.31. The third kappa shape index (κ3) is 49.1. The number of likely N-dealkylation sites (N-methyl/N-ethyl adjacent to an activating group) is 1. The lowest BCUT2D eigenvalue weighted by molar-refractivity contribution is -0.870. The number of amides is 1. The maximum atomic E-state index is 12.9. The van der Waals surface area contributed by atoms with E-state index in [0.717, 1.165) is 122 Å². The third-order valence-electron chi connectivity index (χ3n) is 10.7. The molecule has 4 atom stereocenters. The molecule has 3 N–H and O–H groups in total. The van der Waals surface area contributed by atoms with Crippen LogP contribution in [0.25, 0.3) is 0 Å². The zero-order chi connectivity index (χ0) is 50.8. The van der Waals surface area contributed by atoms with Crippen molar-refractivity contribution in [3.63, 3.8) is 0 Å². The molecule has 0 aromatic heterocycles. The summed E-state index contributed by atoms with van der Waals surface area (Å²) in [7, 11) is 1.05. The number of carbonyl (C=O) groups excluding carboxylic acids is 1. The van der Waals surface area contributed by atoms with Gasteiger partial charge >= 0.3 is 0 Å². The number of allylic oxidation sites excluding steroid dienone is 24. The number of aliphatic hydroxyl groups excluding tert-OH is 2. The van der Waals surface area contributed by atoms with Crippen LogP contribution in [0.1, 0.15) is 162 Å². The molecule has 0 bridgehead atoms. The number of carbonyl (C=O) groups is 1. The smallest absolute Gasteiger partial charge is 0.268 e. The minimum Gasteiger partial charge on any atom is -0.756 e. The van der Waals surface area contributed by atoms with E-state index in [9.17, 15) is 24.5 Å². The van der Waals surface area contributed by atoms with Crippen molar-refractivity contribution in [1.29, 1.82) is 0 Å². The van der Waals surface area contributed by atoms with Gasteiger partial charge in [-0.1, -0.05) is 172 Å². The SMILES string of the molecule is C/C=C/CC/C=C/CC/C=C/CCCC(O)C(O)C(COP(=O)([O-])OCC[N+](C)(C)C)NC(=O)CCCCCCC/C=C\C/C=C\C/C=C\C/C=C\C/C=C\C/C=C\C/C=C\C/C=C\C/C=C\CC. The van der Waals surface area contributed by atoms with Crippen LogP contribution in [0.15, 0.2) is 146 Å². The normalized spacial score (nSPS) is 15.7. The first-order chi connectivity index (χ1) is 33.4. The van der Waals surface area contributed by atoms with E-state index in [1.807, 2.05) is 28.1 Å². The van der Waals surface area contributed by atoms with Crippen molar-refractivity contribution in [2.24, 2.45) is 0 Å². The van der Waals surface area contributed by atoms with Gasteiger partial charge in [-0.2, -0.15) is 0 Å². The van der Waals surface area contributed by atoms with Crippen molar-refractivity contribution in [1.82, 2.24) is 5.32 Å². The van der Waals surface area contributed by atoms with Gasteiger partial charge in [0.25, 0.3) is 7.82 Å². The minimum atomic E-state index is -4.70. The monoisotopic (exact) mass is 977 g/mol. The van der Waals surface area contributed by atoms with Gasteiger partial charge in [0.1, 0.15) is 19.3 Å². The number of phosphoric acid groups is 1. The molecule has 0 aromatic rings. The summed E-state index contributed by atoms with van der Waals surface area (Å²) in [4.78, 5) is 25.5. The molecule has 9 nitrogen and oxygen atoms in total. The molecule has 0 spiro atoms. The van der Waals surface area contributed by atoms with E-state index in [1.54, 1.807) is 0 Å². The predicted molar refractivity (Wildman–Crippen MR) is 294 cm³/mol. The number of nitrogens with zero attached hydrogens (tertiary/aromatic N) is 1. The number of nitrogens with one attached hydrogen (secondary N) is 1. The summed E-state index contributed by atoms with van der Waals surface area (Å²) in [5, 5.41) is 24.6. The van der Waals surface area contributed by atoms with Crippen molar-refractivity contribution in [2.45, 2.75) is 180 Å². The van der Waals surface area contributed by atoms with E-state index >= 15 is 0 Å². The molecule has 0 aromatic carbocycles. The van der Waals surface area contributed by atoms with Crippen LogP contribution in [0.2, 0.25) is 0 Å². The number of quaternary nitrogens is 1. The number of aliphatic hydroxyl groups is 2. The van der Waals surface area contributed by atoms with Gasteiger partial charge in [-0.15, -0.1) is 0 Å². The summed E-state index contributed by atoms with van der Waals surface area (Å²) in [6.07, 6.45) is 70.6. The molecular weight excluding hydrogens is 880 g/mol. The van der Waals surface area contributed by atoms with Gasteiger partial charge in [-0.3, -0.25) is 9.36 Å². The van der Waals surface area contributed by atoms with Crippen molar-refractivity contribution in [2.75, 3.05) is 40.9 Å². The molecule has 0 aliphatic heterocycles. The van der Waals surface area contributed by atoms with Crippen LogP contribution in [0.5, 0.6) is 0 Å². The fraction of sp³-hybridized carbons (Fsp3) is 0.576. The fourth-order valence-electron chi connectivity index (χ4n) is 6.58. The Labute approximate surface area is 421 Å². The number of hydrogen-bond donors (Lipinski definition) is 3. The summed E-state index contributed by atoms with van der Waals surface area (Å²) in [5.41, 5.74) is 0. The quantitative estimate of drug-likeness (QED) is 0.0240. The van der Waals surface area contributed by atoms with Crippen molar-refractivity contribution in [3.8, 4) is 0 Å². The molecule has 0 saturated carbocycles. The second kappa shape index (κ2) is 48.0. The molecule has 1 amide bonds. The Bertz CT molecular complexity index is 1640. The number of unbranched alkanes of at least 4 members (excludes halogenated alkanes) is 8. The van der Waals surface area contributed by atoms with Crippen molar-refractivity contribution >= 4 is 13.7 Å². The summed E-state index contributed by atoms with van der Waals surface area (Å²) in [5.74, 6) is -0.322. The van der Waals surface area contributed by atoms with E-state index < -0.39 is 32.7 Å². The second-order valence-corrected chi connectivity index (χ2v) is 19.7. The van der Waals surface area contributed by atoms with Crippen LogP contribution in [0, 0.1) is 0 Å². The summed E-state index contributed by atoms with van der Waals surface area (Å²) >= 11 is 0. The highest BCUT2D eigenvalue weighted by molar-refractivity contribution is 7.45. The predicted octanol–water partition coefficient (Wildman–Crippen LogP) is 14.1. The largest absolute Gasteiger partial charge is 0.756 e. The molecule has 0 heterocycles. The maximum absolute atomic E-state index is 12.9. The van der Waals surface area contributed by atoms with Crippen LogP contribution in [0.4, 0.5) is 0 Å². The van der Waals surface area contributed by atoms with Crippen LogP contribution in [0.3, 0.4) is 0 Å². The molecule has 0 aliphatic carbocycles. The van der Waals surface area contributed by atoms with Gasteiger partial charge in [0.2, 0.25) is 5.91 Å². The van der Waals surface area contributed by atoms with Gasteiger partial charge in [0.15, 0.2) is 0 Å². The standard InChI is InChI=1S/C59H97N2O7P/c1-6-8-10-12-14-16-18-20-21-22-23-24-25-26-27-28-29-30-31-32-33-34-35-36-37-38-39-40-42-44-46-48-50-52-58(63)60-56(55-68-69(65,66)67-54-53-61(3,4)5)59(64)57(62)51-49-47-45-43-41-19-17-15-13-11-9-7-2/h7-10,14-17,20-21,23-24,26-27,29-30,32-33,35-36,38-39,43,45,56-57,59,62,64H,6,11-13,18-19,22,25,28,31,34,37,40-42,44,46-55H2,1-5H3,(H-,60,63,65,66)/b9-7+,10-8-,16-14-,17-15+,21-20-,24-23-,27-26-,30-29-,33-32-,36-35-,39-38-,45-43+. The Hall–Kier alpha value is -3.66. The van der Waals surface area contributed by atoms with Gasteiger partial charge < -0.3 is 34.0 Å². The molecular formula is C59H97N2O7P. The lowest BCUT2D eigenvalue weighted by atomic mass is 10.0. The minimum absolute atomic E-state index is 0.0633. The maximum Gasteiger partial charge on any atom is 0.268 e. The highest BCUT2D eigenvalue weighted by atomic mass is 31.2. The summed E-state index contributed by atoms with van der Waals surface area (Å²) in [6.45, 7) is 4.03. The van der Waals surface area contributed by atoms with Crippen molar-refractivity contribution in [3.05, 3.63) is 146 Å². The first kappa shape index (κ1) is 65.3. The molecule has 0 fully saturated rings. The van der Waals surface area contributed by atoms with Crippen LogP contribution in [-0.2, 0) is 18.4 Å². The molecule has 390 valence electrons. The number of rotatable bonds is 45. The highest BCUT2D eigenvalue weighted by Crippen LogP contribution is 2.38. The second-order valence-electron chi connectivity index (χ2n) is 18.3. The topological polar surface area (TPSA) is 128 Å². The Kier molecular flexibility index (Phi) is 45.4.